The van der Waals surface area contributed by atoms with Gasteiger partial charge in [-0.1, -0.05) is 71.0 Å². The molecule has 2 aromatic rings. The Kier molecular flexibility index (Phi) is 8.98. The molecule has 0 bridgehead atoms. The van der Waals surface area contributed by atoms with Crippen LogP contribution >= 0.6 is 71.0 Å². The summed E-state index contributed by atoms with van der Waals surface area (Å²) in [7, 11) is 0. The van der Waals surface area contributed by atoms with Crippen LogP contribution in [-0.4, -0.2) is 5.11 Å². The third-order valence-electron chi connectivity index (χ3n) is 2.79. The SMILES string of the molecule is CC(Br)c1cc(Br)ccc1Cl.CC(O)c1cc(Br)ccc1Cl. The summed E-state index contributed by atoms with van der Waals surface area (Å²) in [5, 5.41) is 10.6. The van der Waals surface area contributed by atoms with Crippen molar-refractivity contribution in [2.24, 2.45) is 0 Å². The van der Waals surface area contributed by atoms with Gasteiger partial charge in [0.15, 0.2) is 0 Å². The average Bonchev–Trinajstić information content (AvgIpc) is 2.44. The van der Waals surface area contributed by atoms with Crippen molar-refractivity contribution >= 4 is 71.0 Å². The Morgan fingerprint density at radius 1 is 0.864 bits per heavy atom. The van der Waals surface area contributed by atoms with E-state index in [2.05, 4.69) is 47.8 Å². The van der Waals surface area contributed by atoms with Gasteiger partial charge in [-0.25, -0.2) is 0 Å². The Labute approximate surface area is 166 Å². The summed E-state index contributed by atoms with van der Waals surface area (Å²) >= 11 is 21.9. The molecule has 0 radical (unpaired) electrons. The molecule has 0 aliphatic carbocycles. The van der Waals surface area contributed by atoms with Gasteiger partial charge in [-0.05, 0) is 61.4 Å². The zero-order valence-electron chi connectivity index (χ0n) is 12.0. The minimum atomic E-state index is -0.514. The molecule has 0 amide bonds. The molecule has 2 unspecified atom stereocenters. The average molecular weight is 534 g/mol. The van der Waals surface area contributed by atoms with Crippen molar-refractivity contribution in [1.82, 2.24) is 0 Å². The third kappa shape index (κ3) is 6.50. The Morgan fingerprint density at radius 2 is 1.27 bits per heavy atom. The highest BCUT2D eigenvalue weighted by Crippen LogP contribution is 2.31. The Balaban J connectivity index is 0.000000220. The first-order chi connectivity index (χ1) is 10.2. The van der Waals surface area contributed by atoms with Crippen molar-refractivity contribution in [2.45, 2.75) is 24.8 Å². The number of hydrogen-bond donors (Lipinski definition) is 1. The number of alkyl halides is 1. The Bertz CT molecular complexity index is 575. The lowest BCUT2D eigenvalue weighted by atomic mass is 10.1. The number of halogens is 5. The molecule has 0 heterocycles. The fraction of sp³-hybridized carbons (Fsp3) is 0.250. The zero-order chi connectivity index (χ0) is 16.9. The van der Waals surface area contributed by atoms with E-state index in [1.54, 1.807) is 13.0 Å². The summed E-state index contributed by atoms with van der Waals surface area (Å²) < 4.78 is 1.99. The van der Waals surface area contributed by atoms with E-state index in [-0.39, 0.29) is 0 Å². The minimum absolute atomic E-state index is 0.299. The fourth-order valence-electron chi connectivity index (χ4n) is 1.65. The van der Waals surface area contributed by atoms with E-state index in [1.165, 1.54) is 0 Å². The van der Waals surface area contributed by atoms with E-state index < -0.39 is 6.10 Å². The topological polar surface area (TPSA) is 20.2 Å². The van der Waals surface area contributed by atoms with E-state index >= 15 is 0 Å². The van der Waals surface area contributed by atoms with Gasteiger partial charge in [0.1, 0.15) is 0 Å². The first-order valence-corrected chi connectivity index (χ1v) is 9.70. The quantitative estimate of drug-likeness (QED) is 0.392. The molecule has 0 saturated carbocycles. The van der Waals surface area contributed by atoms with Gasteiger partial charge in [-0.3, -0.25) is 0 Å². The summed E-state index contributed by atoms with van der Waals surface area (Å²) in [5.74, 6) is 0. The van der Waals surface area contributed by atoms with Crippen molar-refractivity contribution in [2.75, 3.05) is 0 Å². The molecule has 1 nitrogen and oxygen atoms in total. The van der Waals surface area contributed by atoms with Crippen molar-refractivity contribution in [3.05, 3.63) is 66.5 Å². The Hall–Kier alpha value is 0.420. The van der Waals surface area contributed by atoms with Crippen LogP contribution < -0.4 is 0 Å². The normalized spacial score (nSPS) is 13.1. The first kappa shape index (κ1) is 20.5. The molecule has 120 valence electrons. The fourth-order valence-corrected chi connectivity index (χ4v) is 3.48. The van der Waals surface area contributed by atoms with Crippen LogP contribution in [0.1, 0.15) is 35.9 Å². The van der Waals surface area contributed by atoms with Gasteiger partial charge in [-0.2, -0.15) is 0 Å². The molecule has 2 aromatic carbocycles. The molecule has 0 spiro atoms. The summed E-state index contributed by atoms with van der Waals surface area (Å²) in [6.07, 6.45) is -0.514. The molecular formula is C16H15Br3Cl2O. The maximum absolute atomic E-state index is 9.22. The highest BCUT2D eigenvalue weighted by molar-refractivity contribution is 9.10. The molecule has 0 aliphatic rings. The van der Waals surface area contributed by atoms with Gasteiger partial charge >= 0.3 is 0 Å². The lowest BCUT2D eigenvalue weighted by Gasteiger charge is -2.06. The maximum atomic E-state index is 9.22. The number of aliphatic hydroxyl groups excluding tert-OH is 1. The minimum Gasteiger partial charge on any atom is -0.389 e. The van der Waals surface area contributed by atoms with Crippen molar-refractivity contribution in [3.8, 4) is 0 Å². The van der Waals surface area contributed by atoms with Crippen LogP contribution in [0.2, 0.25) is 10.0 Å². The van der Waals surface area contributed by atoms with Gasteiger partial charge in [0, 0.05) is 23.8 Å². The second-order valence-electron chi connectivity index (χ2n) is 4.62. The van der Waals surface area contributed by atoms with E-state index in [0.717, 1.165) is 25.1 Å². The van der Waals surface area contributed by atoms with Crippen molar-refractivity contribution < 1.29 is 5.11 Å². The molecule has 2 rings (SSSR count). The van der Waals surface area contributed by atoms with E-state index in [1.807, 2.05) is 37.3 Å². The van der Waals surface area contributed by atoms with E-state index in [0.29, 0.717) is 9.85 Å². The van der Waals surface area contributed by atoms with Crippen LogP contribution in [0.15, 0.2) is 45.3 Å². The van der Waals surface area contributed by atoms with E-state index in [9.17, 15) is 5.11 Å². The summed E-state index contributed by atoms with van der Waals surface area (Å²) in [4.78, 5) is 0.299. The van der Waals surface area contributed by atoms with Crippen LogP contribution in [-0.2, 0) is 0 Å². The molecule has 2 atom stereocenters. The Morgan fingerprint density at radius 3 is 1.59 bits per heavy atom. The van der Waals surface area contributed by atoms with Crippen LogP contribution in [0.5, 0.6) is 0 Å². The predicted octanol–water partition coefficient (Wildman–Crippen LogP) is 7.71. The molecule has 22 heavy (non-hydrogen) atoms. The highest BCUT2D eigenvalue weighted by Gasteiger charge is 2.06. The van der Waals surface area contributed by atoms with Crippen molar-refractivity contribution in [3.63, 3.8) is 0 Å². The largest absolute Gasteiger partial charge is 0.389 e. The predicted molar refractivity (Wildman–Crippen MR) is 106 cm³/mol. The van der Waals surface area contributed by atoms with E-state index in [4.69, 9.17) is 23.2 Å². The summed E-state index contributed by atoms with van der Waals surface area (Å²) in [5.41, 5.74) is 1.86. The van der Waals surface area contributed by atoms with Gasteiger partial charge < -0.3 is 5.11 Å². The van der Waals surface area contributed by atoms with Gasteiger partial charge in [0.05, 0.1) is 6.10 Å². The molecule has 0 aromatic heterocycles. The molecule has 0 aliphatic heterocycles. The molecule has 0 fully saturated rings. The highest BCUT2D eigenvalue weighted by atomic mass is 79.9. The molecule has 0 saturated heterocycles. The van der Waals surface area contributed by atoms with Crippen LogP contribution in [0.3, 0.4) is 0 Å². The van der Waals surface area contributed by atoms with Crippen LogP contribution in [0.4, 0.5) is 0 Å². The number of aliphatic hydroxyl groups is 1. The van der Waals surface area contributed by atoms with Crippen molar-refractivity contribution in [1.29, 1.82) is 0 Å². The second-order valence-corrected chi connectivity index (χ2v) is 8.64. The lowest BCUT2D eigenvalue weighted by Crippen LogP contribution is -1.91. The monoisotopic (exact) mass is 530 g/mol. The molecule has 6 heteroatoms. The van der Waals surface area contributed by atoms with Gasteiger partial charge in [0.25, 0.3) is 0 Å². The van der Waals surface area contributed by atoms with Crippen LogP contribution in [0.25, 0.3) is 0 Å². The summed E-state index contributed by atoms with van der Waals surface area (Å²) in [6.45, 7) is 3.74. The lowest BCUT2D eigenvalue weighted by molar-refractivity contribution is 0.199. The smallest absolute Gasteiger partial charge is 0.0776 e. The zero-order valence-corrected chi connectivity index (χ0v) is 18.2. The standard InChI is InChI=1S/C8H7Br2Cl.C8H8BrClO/c1-5(9)7-4-6(10)2-3-8(7)11;1-5(11)7-4-6(9)2-3-8(7)10/h2-5H,1H3;2-5,11H,1H3. The molecular weight excluding hydrogens is 519 g/mol. The number of rotatable bonds is 2. The second kappa shape index (κ2) is 9.65. The number of hydrogen-bond acceptors (Lipinski definition) is 1. The van der Waals surface area contributed by atoms with Gasteiger partial charge in [0.2, 0.25) is 0 Å². The first-order valence-electron chi connectivity index (χ1n) is 6.44. The third-order valence-corrected chi connectivity index (χ3v) is 4.96. The number of benzene rings is 2. The maximum Gasteiger partial charge on any atom is 0.0776 e. The van der Waals surface area contributed by atoms with Crippen LogP contribution in [0, 0.1) is 0 Å². The van der Waals surface area contributed by atoms with Gasteiger partial charge in [-0.15, -0.1) is 0 Å². The summed E-state index contributed by atoms with van der Waals surface area (Å²) in [6, 6.07) is 11.2. The molecule has 1 N–H and O–H groups in total.